The predicted molar refractivity (Wildman–Crippen MR) is 107 cm³/mol. The fraction of sp³-hybridized carbons (Fsp3) is 0.176. The van der Waals surface area contributed by atoms with E-state index in [1.807, 2.05) is 6.92 Å². The van der Waals surface area contributed by atoms with Crippen molar-refractivity contribution in [3.63, 3.8) is 0 Å². The van der Waals surface area contributed by atoms with Gasteiger partial charge in [0.05, 0.1) is 21.2 Å². The van der Waals surface area contributed by atoms with E-state index in [-0.39, 0.29) is 24.6 Å². The van der Waals surface area contributed by atoms with E-state index in [9.17, 15) is 14.9 Å². The molecule has 1 aromatic carbocycles. The lowest BCUT2D eigenvalue weighted by Gasteiger charge is -2.06. The van der Waals surface area contributed by atoms with Crippen LogP contribution < -0.4 is 16.4 Å². The molecule has 0 bridgehead atoms. The van der Waals surface area contributed by atoms with Crippen LogP contribution in [0.25, 0.3) is 10.6 Å². The average Bonchev–Trinajstić information content (AvgIpc) is 3.02. The van der Waals surface area contributed by atoms with E-state index in [0.717, 1.165) is 4.88 Å². The molecule has 0 aliphatic rings. The van der Waals surface area contributed by atoms with Gasteiger partial charge >= 0.3 is 0 Å². The number of nitro groups is 1. The highest BCUT2D eigenvalue weighted by atomic mass is 32.1. The molecule has 144 valence electrons. The van der Waals surface area contributed by atoms with Crippen LogP contribution in [0, 0.1) is 17.0 Å². The summed E-state index contributed by atoms with van der Waals surface area (Å²) in [5, 5.41) is 17.0. The number of nitro benzene ring substituents is 1. The number of rotatable bonds is 7. The van der Waals surface area contributed by atoms with Crippen molar-refractivity contribution >= 4 is 39.7 Å². The lowest BCUT2D eigenvalue weighted by Crippen LogP contribution is -2.15. The molecule has 0 spiro atoms. The monoisotopic (exact) mass is 399 g/mol. The Labute approximate surface area is 164 Å². The van der Waals surface area contributed by atoms with Crippen LogP contribution in [0.15, 0.2) is 36.5 Å². The number of carbonyl (C=O) groups excluding carboxylic acids is 1. The Morgan fingerprint density at radius 1 is 1.32 bits per heavy atom. The number of hydrogen-bond acceptors (Lipinski definition) is 9. The first-order valence-corrected chi connectivity index (χ1v) is 9.10. The Kier molecular flexibility index (Phi) is 5.87. The molecule has 0 saturated carbocycles. The zero-order chi connectivity index (χ0) is 20.1. The van der Waals surface area contributed by atoms with Crippen molar-refractivity contribution in [2.45, 2.75) is 13.3 Å². The standard InChI is InChI=1S/C17H17N7O3S/c1-10-15(28-17(20-10)23-14(25)5-7-18)13-6-8-19-16(22-13)21-11-3-2-4-12(9-11)24(26)27/h2-4,6,8-9H,5,7,18H2,1H3,(H,19,21,22)(H,20,23,25). The first-order chi connectivity index (χ1) is 13.5. The molecule has 0 atom stereocenters. The van der Waals surface area contributed by atoms with Gasteiger partial charge in [-0.25, -0.2) is 15.0 Å². The lowest BCUT2D eigenvalue weighted by atomic mass is 10.3. The summed E-state index contributed by atoms with van der Waals surface area (Å²) in [5.41, 5.74) is 7.19. The first kappa shape index (κ1) is 19.3. The second kappa shape index (κ2) is 8.50. The molecule has 10 nitrogen and oxygen atoms in total. The van der Waals surface area contributed by atoms with Crippen LogP contribution >= 0.6 is 11.3 Å². The van der Waals surface area contributed by atoms with Gasteiger partial charge in [0, 0.05) is 37.0 Å². The molecular formula is C17H17N7O3S. The minimum absolute atomic E-state index is 0.0303. The summed E-state index contributed by atoms with van der Waals surface area (Å²) in [6.07, 6.45) is 1.80. The van der Waals surface area contributed by atoms with Gasteiger partial charge in [0.1, 0.15) is 0 Å². The summed E-state index contributed by atoms with van der Waals surface area (Å²) < 4.78 is 0. The number of aromatic nitrogens is 3. The normalized spacial score (nSPS) is 10.5. The number of amides is 1. The molecule has 0 radical (unpaired) electrons. The molecule has 11 heteroatoms. The molecule has 0 unspecified atom stereocenters. The number of nitrogens with two attached hydrogens (primary N) is 1. The van der Waals surface area contributed by atoms with Crippen molar-refractivity contribution in [1.82, 2.24) is 15.0 Å². The lowest BCUT2D eigenvalue weighted by molar-refractivity contribution is -0.384. The molecular weight excluding hydrogens is 382 g/mol. The van der Waals surface area contributed by atoms with E-state index in [0.29, 0.717) is 28.2 Å². The third-order valence-corrected chi connectivity index (χ3v) is 4.71. The second-order valence-electron chi connectivity index (χ2n) is 5.72. The molecule has 0 aliphatic carbocycles. The highest BCUT2D eigenvalue weighted by Crippen LogP contribution is 2.32. The van der Waals surface area contributed by atoms with Crippen LogP contribution in [0.3, 0.4) is 0 Å². The topological polar surface area (TPSA) is 149 Å². The minimum atomic E-state index is -0.469. The Morgan fingerprint density at radius 3 is 2.89 bits per heavy atom. The summed E-state index contributed by atoms with van der Waals surface area (Å²) in [6, 6.07) is 7.80. The molecule has 28 heavy (non-hydrogen) atoms. The summed E-state index contributed by atoms with van der Waals surface area (Å²) >= 11 is 1.30. The molecule has 1 amide bonds. The largest absolute Gasteiger partial charge is 0.330 e. The summed E-state index contributed by atoms with van der Waals surface area (Å²) in [4.78, 5) is 35.9. The predicted octanol–water partition coefficient (Wildman–Crippen LogP) is 2.85. The number of aryl methyl sites for hydroxylation is 1. The van der Waals surface area contributed by atoms with E-state index in [1.165, 1.54) is 23.5 Å². The molecule has 0 saturated heterocycles. The van der Waals surface area contributed by atoms with Gasteiger partial charge in [-0.15, -0.1) is 0 Å². The zero-order valence-corrected chi connectivity index (χ0v) is 15.7. The van der Waals surface area contributed by atoms with Crippen molar-refractivity contribution in [2.24, 2.45) is 5.73 Å². The van der Waals surface area contributed by atoms with Crippen LogP contribution in [0.2, 0.25) is 0 Å². The third-order valence-electron chi connectivity index (χ3n) is 3.62. The molecule has 4 N–H and O–H groups in total. The van der Waals surface area contributed by atoms with Crippen molar-refractivity contribution in [3.05, 3.63) is 52.3 Å². The number of hydrogen-bond donors (Lipinski definition) is 3. The fourth-order valence-corrected chi connectivity index (χ4v) is 3.32. The average molecular weight is 399 g/mol. The first-order valence-electron chi connectivity index (χ1n) is 8.28. The number of benzene rings is 1. The van der Waals surface area contributed by atoms with Crippen molar-refractivity contribution in [2.75, 3.05) is 17.2 Å². The van der Waals surface area contributed by atoms with E-state index in [2.05, 4.69) is 25.6 Å². The molecule has 0 aliphatic heterocycles. The molecule has 2 heterocycles. The highest BCUT2D eigenvalue weighted by molar-refractivity contribution is 7.19. The van der Waals surface area contributed by atoms with Crippen molar-refractivity contribution in [1.29, 1.82) is 0 Å². The quantitative estimate of drug-likeness (QED) is 0.405. The van der Waals surface area contributed by atoms with Crippen molar-refractivity contribution in [3.8, 4) is 10.6 Å². The van der Waals surface area contributed by atoms with Crippen LogP contribution in [0.1, 0.15) is 12.1 Å². The maximum Gasteiger partial charge on any atom is 0.271 e. The zero-order valence-electron chi connectivity index (χ0n) is 14.9. The van der Waals surface area contributed by atoms with Gasteiger partial charge in [0.25, 0.3) is 5.69 Å². The second-order valence-corrected chi connectivity index (χ2v) is 6.72. The van der Waals surface area contributed by atoms with Crippen LogP contribution in [-0.2, 0) is 4.79 Å². The summed E-state index contributed by atoms with van der Waals surface area (Å²) in [7, 11) is 0. The number of nitrogens with zero attached hydrogens (tertiary/aromatic N) is 4. The maximum atomic E-state index is 11.7. The maximum absolute atomic E-state index is 11.7. The van der Waals surface area contributed by atoms with E-state index < -0.39 is 4.92 Å². The number of carbonyl (C=O) groups is 1. The van der Waals surface area contributed by atoms with Crippen LogP contribution in [-0.4, -0.2) is 32.3 Å². The van der Waals surface area contributed by atoms with Gasteiger partial charge in [-0.05, 0) is 19.1 Å². The third kappa shape index (κ3) is 4.64. The van der Waals surface area contributed by atoms with E-state index in [1.54, 1.807) is 24.4 Å². The SMILES string of the molecule is Cc1nc(NC(=O)CCN)sc1-c1ccnc(Nc2cccc([N+](=O)[O-])c2)n1. The van der Waals surface area contributed by atoms with Crippen LogP contribution in [0.4, 0.5) is 22.5 Å². The molecule has 3 aromatic rings. The van der Waals surface area contributed by atoms with Gasteiger partial charge in [-0.2, -0.15) is 0 Å². The smallest absolute Gasteiger partial charge is 0.271 e. The minimum Gasteiger partial charge on any atom is -0.330 e. The Balaban J connectivity index is 1.82. The van der Waals surface area contributed by atoms with Gasteiger partial charge in [-0.1, -0.05) is 17.4 Å². The molecule has 0 fully saturated rings. The number of thiazole rings is 1. The van der Waals surface area contributed by atoms with E-state index >= 15 is 0 Å². The van der Waals surface area contributed by atoms with Crippen LogP contribution in [0.5, 0.6) is 0 Å². The molecule has 3 rings (SSSR count). The van der Waals surface area contributed by atoms with Gasteiger partial charge in [0.2, 0.25) is 11.9 Å². The Bertz CT molecular complexity index is 1020. The number of nitrogens with one attached hydrogen (secondary N) is 2. The van der Waals surface area contributed by atoms with E-state index in [4.69, 9.17) is 5.73 Å². The van der Waals surface area contributed by atoms with Crippen molar-refractivity contribution < 1.29 is 9.72 Å². The van der Waals surface area contributed by atoms with Gasteiger partial charge in [-0.3, -0.25) is 14.9 Å². The summed E-state index contributed by atoms with van der Waals surface area (Å²) in [6.45, 7) is 2.09. The summed E-state index contributed by atoms with van der Waals surface area (Å²) in [5.74, 6) is 0.0954. The highest BCUT2D eigenvalue weighted by Gasteiger charge is 2.14. The molecule has 2 aromatic heterocycles. The number of non-ortho nitro benzene ring substituents is 1. The van der Waals surface area contributed by atoms with Gasteiger partial charge < -0.3 is 16.4 Å². The number of anilines is 3. The fourth-order valence-electron chi connectivity index (χ4n) is 2.37. The Morgan fingerprint density at radius 2 is 2.14 bits per heavy atom. The Hall–Kier alpha value is -3.44. The van der Waals surface area contributed by atoms with Gasteiger partial charge in [0.15, 0.2) is 5.13 Å².